The molecule has 3 rings (SSSR count). The first-order valence-electron chi connectivity index (χ1n) is 9.88. The highest BCUT2D eigenvalue weighted by atomic mass is 32.1. The summed E-state index contributed by atoms with van der Waals surface area (Å²) in [5.41, 5.74) is 2.93. The second-order valence-electron chi connectivity index (χ2n) is 8.00. The van der Waals surface area contributed by atoms with Crippen LogP contribution >= 0.6 is 11.3 Å². The standard InChI is InChI=1S/C23H26N2O4S/c1-12(2)11-29-23(28)20-15(5)19-21(30-20)24-16(6)25(22(19)27)10-18(26)17-8-7-13(3)14(4)9-17/h7-9,12H,10-11H2,1-6H3. The normalized spacial score (nSPS) is 11.3. The van der Waals surface area contributed by atoms with E-state index in [1.165, 1.54) is 4.57 Å². The minimum absolute atomic E-state index is 0.0987. The van der Waals surface area contributed by atoms with E-state index in [4.69, 9.17) is 4.74 Å². The summed E-state index contributed by atoms with van der Waals surface area (Å²) in [5, 5.41) is 0.370. The predicted octanol–water partition coefficient (Wildman–Crippen LogP) is 4.39. The van der Waals surface area contributed by atoms with E-state index in [0.717, 1.165) is 22.5 Å². The van der Waals surface area contributed by atoms with E-state index < -0.39 is 5.97 Å². The van der Waals surface area contributed by atoms with Crippen molar-refractivity contribution in [3.8, 4) is 0 Å². The van der Waals surface area contributed by atoms with Crippen LogP contribution in [0.2, 0.25) is 0 Å². The van der Waals surface area contributed by atoms with Crippen LogP contribution in [0.3, 0.4) is 0 Å². The smallest absolute Gasteiger partial charge is 0.348 e. The number of aryl methyl sites for hydroxylation is 4. The maximum atomic E-state index is 13.2. The van der Waals surface area contributed by atoms with Crippen molar-refractivity contribution in [2.75, 3.05) is 6.61 Å². The lowest BCUT2D eigenvalue weighted by molar-refractivity contribution is 0.0464. The molecule has 0 aliphatic carbocycles. The van der Waals surface area contributed by atoms with Crippen LogP contribution in [0.15, 0.2) is 23.0 Å². The molecular weight excluding hydrogens is 400 g/mol. The summed E-state index contributed by atoms with van der Waals surface area (Å²) in [6.45, 7) is 11.5. The van der Waals surface area contributed by atoms with Crippen LogP contribution in [-0.2, 0) is 11.3 Å². The third-order valence-corrected chi connectivity index (χ3v) is 6.27. The number of ketones is 1. The van der Waals surface area contributed by atoms with E-state index in [9.17, 15) is 14.4 Å². The fraction of sp³-hybridized carbons (Fsp3) is 0.391. The molecule has 0 radical (unpaired) electrons. The Hall–Kier alpha value is -2.80. The second-order valence-corrected chi connectivity index (χ2v) is 9.00. The van der Waals surface area contributed by atoms with Gasteiger partial charge in [0.05, 0.1) is 18.5 Å². The zero-order chi connectivity index (χ0) is 22.2. The van der Waals surface area contributed by atoms with Gasteiger partial charge in [-0.3, -0.25) is 14.2 Å². The Bertz CT molecular complexity index is 1200. The molecule has 6 nitrogen and oxygen atoms in total. The van der Waals surface area contributed by atoms with E-state index in [2.05, 4.69) is 4.98 Å². The number of Topliss-reactive ketones (excluding diaryl/α,β-unsaturated/α-hetero) is 1. The summed E-state index contributed by atoms with van der Waals surface area (Å²) < 4.78 is 6.70. The first-order valence-corrected chi connectivity index (χ1v) is 10.7. The number of nitrogens with zero attached hydrogens (tertiary/aromatic N) is 2. The van der Waals surface area contributed by atoms with Crippen LogP contribution in [-0.4, -0.2) is 27.9 Å². The quantitative estimate of drug-likeness (QED) is 0.432. The van der Waals surface area contributed by atoms with Crippen molar-refractivity contribution in [1.29, 1.82) is 0 Å². The number of hydrogen-bond donors (Lipinski definition) is 0. The maximum absolute atomic E-state index is 13.2. The summed E-state index contributed by atoms with van der Waals surface area (Å²) in [6, 6.07) is 5.51. The average Bonchev–Trinajstić information content (AvgIpc) is 3.01. The third kappa shape index (κ3) is 4.21. The van der Waals surface area contributed by atoms with E-state index in [-0.39, 0.29) is 23.8 Å². The molecular formula is C23H26N2O4S. The molecule has 0 bridgehead atoms. The number of aromatic nitrogens is 2. The molecule has 3 aromatic rings. The van der Waals surface area contributed by atoms with Crippen LogP contribution in [0.1, 0.15) is 56.4 Å². The van der Waals surface area contributed by atoms with Crippen molar-refractivity contribution in [2.45, 2.75) is 48.1 Å². The van der Waals surface area contributed by atoms with Crippen molar-refractivity contribution in [1.82, 2.24) is 9.55 Å². The molecule has 2 heterocycles. The van der Waals surface area contributed by atoms with Gasteiger partial charge in [-0.15, -0.1) is 11.3 Å². The Morgan fingerprint density at radius 3 is 2.47 bits per heavy atom. The SMILES string of the molecule is Cc1ccc(C(=O)Cn2c(C)nc3sc(C(=O)OCC(C)C)c(C)c3c2=O)cc1C. The van der Waals surface area contributed by atoms with E-state index >= 15 is 0 Å². The Balaban J connectivity index is 1.99. The molecule has 1 aromatic carbocycles. The maximum Gasteiger partial charge on any atom is 0.348 e. The number of ether oxygens (including phenoxy) is 1. The second kappa shape index (κ2) is 8.52. The van der Waals surface area contributed by atoms with Crippen LogP contribution in [0.4, 0.5) is 0 Å². The molecule has 30 heavy (non-hydrogen) atoms. The molecule has 2 aromatic heterocycles. The lowest BCUT2D eigenvalue weighted by Gasteiger charge is -2.10. The van der Waals surface area contributed by atoms with Crippen LogP contribution in [0.5, 0.6) is 0 Å². The molecule has 0 amide bonds. The number of esters is 1. The van der Waals surface area contributed by atoms with Crippen molar-refractivity contribution in [3.63, 3.8) is 0 Å². The van der Waals surface area contributed by atoms with Crippen LogP contribution in [0, 0.1) is 33.6 Å². The first-order chi connectivity index (χ1) is 14.1. The predicted molar refractivity (Wildman–Crippen MR) is 119 cm³/mol. The summed E-state index contributed by atoms with van der Waals surface area (Å²) in [4.78, 5) is 43.8. The Kier molecular flexibility index (Phi) is 6.22. The molecule has 0 aliphatic rings. The zero-order valence-corrected chi connectivity index (χ0v) is 19.0. The fourth-order valence-electron chi connectivity index (χ4n) is 3.16. The number of thiophene rings is 1. The fourth-order valence-corrected chi connectivity index (χ4v) is 4.27. The van der Waals surface area contributed by atoms with Gasteiger partial charge in [0, 0.05) is 5.56 Å². The van der Waals surface area contributed by atoms with Crippen molar-refractivity contribution < 1.29 is 14.3 Å². The van der Waals surface area contributed by atoms with Gasteiger partial charge in [0.2, 0.25) is 0 Å². The average molecular weight is 427 g/mol. The highest BCUT2D eigenvalue weighted by Gasteiger charge is 2.22. The highest BCUT2D eigenvalue weighted by molar-refractivity contribution is 7.20. The van der Waals surface area contributed by atoms with Gasteiger partial charge in [-0.1, -0.05) is 26.0 Å². The topological polar surface area (TPSA) is 78.3 Å². The molecule has 0 atom stereocenters. The van der Waals surface area contributed by atoms with Gasteiger partial charge in [0.25, 0.3) is 5.56 Å². The summed E-state index contributed by atoms with van der Waals surface area (Å²) in [5.74, 6) is 0.0543. The minimum Gasteiger partial charge on any atom is -0.461 e. The number of benzene rings is 1. The minimum atomic E-state index is -0.445. The van der Waals surface area contributed by atoms with Crippen LogP contribution < -0.4 is 5.56 Å². The third-order valence-electron chi connectivity index (χ3n) is 5.10. The Labute approximate surface area is 179 Å². The number of hydrogen-bond acceptors (Lipinski definition) is 6. The molecule has 158 valence electrons. The lowest BCUT2D eigenvalue weighted by atomic mass is 10.0. The summed E-state index contributed by atoms with van der Waals surface area (Å²) >= 11 is 1.16. The van der Waals surface area contributed by atoms with E-state index in [1.54, 1.807) is 19.9 Å². The molecule has 0 N–H and O–H groups in total. The molecule has 0 aliphatic heterocycles. The summed E-state index contributed by atoms with van der Waals surface area (Å²) in [7, 11) is 0. The van der Waals surface area contributed by atoms with Crippen molar-refractivity contribution in [3.05, 3.63) is 61.5 Å². The first kappa shape index (κ1) is 21.9. The molecule has 0 unspecified atom stereocenters. The largest absolute Gasteiger partial charge is 0.461 e. The summed E-state index contributed by atoms with van der Waals surface area (Å²) in [6.07, 6.45) is 0. The van der Waals surface area contributed by atoms with Crippen molar-refractivity contribution in [2.24, 2.45) is 5.92 Å². The van der Waals surface area contributed by atoms with Gasteiger partial charge < -0.3 is 4.74 Å². The van der Waals surface area contributed by atoms with E-state index in [0.29, 0.717) is 38.7 Å². The number of carbonyl (C=O) groups is 2. The molecule has 0 saturated carbocycles. The van der Waals surface area contributed by atoms with Gasteiger partial charge >= 0.3 is 5.97 Å². The Morgan fingerprint density at radius 2 is 1.83 bits per heavy atom. The highest BCUT2D eigenvalue weighted by Crippen LogP contribution is 2.28. The monoisotopic (exact) mass is 426 g/mol. The van der Waals surface area contributed by atoms with Gasteiger partial charge in [-0.05, 0) is 56.4 Å². The number of carbonyl (C=O) groups excluding carboxylic acids is 2. The van der Waals surface area contributed by atoms with Crippen LogP contribution in [0.25, 0.3) is 10.2 Å². The molecule has 7 heteroatoms. The Morgan fingerprint density at radius 1 is 1.13 bits per heavy atom. The number of fused-ring (bicyclic) bond motifs is 1. The van der Waals surface area contributed by atoms with Gasteiger partial charge in [-0.25, -0.2) is 9.78 Å². The molecule has 0 spiro atoms. The lowest BCUT2D eigenvalue weighted by Crippen LogP contribution is -2.27. The van der Waals surface area contributed by atoms with E-state index in [1.807, 2.05) is 39.8 Å². The molecule has 0 saturated heterocycles. The van der Waals surface area contributed by atoms with Gasteiger partial charge in [-0.2, -0.15) is 0 Å². The number of rotatable bonds is 6. The van der Waals surface area contributed by atoms with Crippen molar-refractivity contribution >= 4 is 33.3 Å². The zero-order valence-electron chi connectivity index (χ0n) is 18.2. The van der Waals surface area contributed by atoms with Gasteiger partial charge in [0.1, 0.15) is 15.5 Å². The van der Waals surface area contributed by atoms with Gasteiger partial charge in [0.15, 0.2) is 5.78 Å². The molecule has 0 fully saturated rings.